The molecule has 80 valence electrons. The third-order valence-electron chi connectivity index (χ3n) is 1.81. The number of thiazole rings is 1. The first-order valence-corrected chi connectivity index (χ1v) is 5.67. The second kappa shape index (κ2) is 6.89. The highest BCUT2D eigenvalue weighted by molar-refractivity contribution is 7.09. The Bertz CT molecular complexity index is 228. The van der Waals surface area contributed by atoms with Crippen molar-refractivity contribution in [3.8, 4) is 0 Å². The van der Waals surface area contributed by atoms with Gasteiger partial charge in [-0.2, -0.15) is 0 Å². The molecule has 0 amide bonds. The Hall–Kier alpha value is -0.490. The quantitative estimate of drug-likeness (QED) is 0.404. The van der Waals surface area contributed by atoms with E-state index in [2.05, 4.69) is 17.3 Å². The lowest BCUT2D eigenvalue weighted by atomic mass is 10.2. The van der Waals surface area contributed by atoms with Gasteiger partial charge in [0.15, 0.2) is 0 Å². The van der Waals surface area contributed by atoms with Gasteiger partial charge in [-0.25, -0.2) is 4.98 Å². The molecule has 1 heterocycles. The zero-order valence-corrected chi connectivity index (χ0v) is 9.22. The number of hydrogen-bond donors (Lipinski definition) is 2. The van der Waals surface area contributed by atoms with Gasteiger partial charge in [0.05, 0.1) is 17.7 Å². The molecule has 3 N–H and O–H groups in total. The van der Waals surface area contributed by atoms with Crippen LogP contribution in [-0.4, -0.2) is 24.2 Å². The lowest BCUT2D eigenvalue weighted by Gasteiger charge is -2.14. The molecule has 0 spiro atoms. The van der Waals surface area contributed by atoms with Crippen LogP contribution in [-0.2, 0) is 11.2 Å². The number of rotatable bonds is 7. The fourth-order valence-electron chi connectivity index (χ4n) is 1.10. The smallest absolute Gasteiger partial charge is 0.0941 e. The first-order chi connectivity index (χ1) is 6.86. The molecule has 1 rings (SSSR count). The molecular weight excluding hydrogens is 198 g/mol. The van der Waals surface area contributed by atoms with E-state index >= 15 is 0 Å². The zero-order valence-electron chi connectivity index (χ0n) is 8.40. The van der Waals surface area contributed by atoms with Crippen LogP contribution in [0.1, 0.15) is 18.4 Å². The molecule has 0 radical (unpaired) electrons. The second-order valence-electron chi connectivity index (χ2n) is 3.07. The summed E-state index contributed by atoms with van der Waals surface area (Å²) in [5, 5.41) is 3.06. The molecule has 0 aromatic carbocycles. The van der Waals surface area contributed by atoms with Crippen LogP contribution in [0.3, 0.4) is 0 Å². The highest BCUT2D eigenvalue weighted by Gasteiger charge is 2.08. The fourth-order valence-corrected chi connectivity index (χ4v) is 1.80. The summed E-state index contributed by atoms with van der Waals surface area (Å²) < 4.78 is 5.42. The molecule has 0 saturated carbocycles. The van der Waals surface area contributed by atoms with Crippen LogP contribution < -0.4 is 11.3 Å². The van der Waals surface area contributed by atoms with E-state index in [4.69, 9.17) is 10.6 Å². The fraction of sp³-hybridized carbons (Fsp3) is 0.667. The minimum Gasteiger partial charge on any atom is -0.380 e. The van der Waals surface area contributed by atoms with Crippen LogP contribution in [0.25, 0.3) is 0 Å². The van der Waals surface area contributed by atoms with Crippen LogP contribution in [0.4, 0.5) is 0 Å². The van der Waals surface area contributed by atoms with Crippen molar-refractivity contribution in [3.63, 3.8) is 0 Å². The molecule has 4 nitrogen and oxygen atoms in total. The minimum atomic E-state index is 0.160. The van der Waals surface area contributed by atoms with Gasteiger partial charge in [0.1, 0.15) is 0 Å². The highest BCUT2D eigenvalue weighted by atomic mass is 32.1. The Morgan fingerprint density at radius 3 is 3.14 bits per heavy atom. The van der Waals surface area contributed by atoms with E-state index in [1.165, 1.54) is 0 Å². The third kappa shape index (κ3) is 4.15. The molecule has 1 atom stereocenters. The van der Waals surface area contributed by atoms with E-state index in [-0.39, 0.29) is 6.04 Å². The molecule has 0 fully saturated rings. The van der Waals surface area contributed by atoms with Crippen LogP contribution >= 0.6 is 11.3 Å². The van der Waals surface area contributed by atoms with Crippen molar-refractivity contribution in [2.24, 2.45) is 5.84 Å². The van der Waals surface area contributed by atoms with E-state index < -0.39 is 0 Å². The molecule has 1 aromatic rings. The molecule has 0 aliphatic carbocycles. The van der Waals surface area contributed by atoms with E-state index in [1.54, 1.807) is 17.5 Å². The summed E-state index contributed by atoms with van der Waals surface area (Å²) in [4.78, 5) is 4.20. The van der Waals surface area contributed by atoms with Gasteiger partial charge in [-0.1, -0.05) is 6.92 Å². The van der Waals surface area contributed by atoms with E-state index in [9.17, 15) is 0 Å². The Morgan fingerprint density at radius 2 is 2.57 bits per heavy atom. The van der Waals surface area contributed by atoms with E-state index in [0.29, 0.717) is 6.61 Å². The van der Waals surface area contributed by atoms with Crippen LogP contribution in [0.2, 0.25) is 0 Å². The van der Waals surface area contributed by atoms with Crippen molar-refractivity contribution in [3.05, 3.63) is 16.6 Å². The maximum Gasteiger partial charge on any atom is 0.0941 e. The standard InChI is InChI=1S/C9H17N3OS/c1-2-4-13-7-8(12-10)6-9-11-3-5-14-9/h3,5,8,12H,2,4,6-7,10H2,1H3. The summed E-state index contributed by atoms with van der Waals surface area (Å²) in [6.07, 6.45) is 3.67. The van der Waals surface area contributed by atoms with Crippen molar-refractivity contribution < 1.29 is 4.74 Å². The number of hydrazine groups is 1. The average molecular weight is 215 g/mol. The molecule has 0 saturated heterocycles. The molecule has 0 aliphatic heterocycles. The SMILES string of the molecule is CCCOCC(Cc1nccs1)NN. The Morgan fingerprint density at radius 1 is 1.71 bits per heavy atom. The topological polar surface area (TPSA) is 60.2 Å². The van der Waals surface area contributed by atoms with Gasteiger partial charge in [-0.3, -0.25) is 11.3 Å². The zero-order chi connectivity index (χ0) is 10.2. The van der Waals surface area contributed by atoms with Crippen molar-refractivity contribution in [1.82, 2.24) is 10.4 Å². The lowest BCUT2D eigenvalue weighted by molar-refractivity contribution is 0.112. The van der Waals surface area contributed by atoms with Crippen molar-refractivity contribution >= 4 is 11.3 Å². The van der Waals surface area contributed by atoms with Gasteiger partial charge in [0, 0.05) is 24.6 Å². The van der Waals surface area contributed by atoms with Crippen LogP contribution in [0.5, 0.6) is 0 Å². The number of nitrogens with zero attached hydrogens (tertiary/aromatic N) is 1. The summed E-state index contributed by atoms with van der Waals surface area (Å²) in [5.41, 5.74) is 2.74. The number of nitrogens with one attached hydrogen (secondary N) is 1. The molecule has 5 heteroatoms. The van der Waals surface area contributed by atoms with E-state index in [1.807, 2.05) is 5.38 Å². The van der Waals surface area contributed by atoms with E-state index in [0.717, 1.165) is 24.5 Å². The first kappa shape index (κ1) is 11.6. The summed E-state index contributed by atoms with van der Waals surface area (Å²) in [7, 11) is 0. The predicted molar refractivity (Wildman–Crippen MR) is 58.0 cm³/mol. The summed E-state index contributed by atoms with van der Waals surface area (Å²) in [6, 6.07) is 0.160. The maximum atomic E-state index is 5.42. The van der Waals surface area contributed by atoms with Gasteiger partial charge in [-0.05, 0) is 6.42 Å². The second-order valence-corrected chi connectivity index (χ2v) is 4.05. The Labute approximate surface area is 88.5 Å². The maximum absolute atomic E-state index is 5.42. The number of aromatic nitrogens is 1. The monoisotopic (exact) mass is 215 g/mol. The number of hydrogen-bond acceptors (Lipinski definition) is 5. The average Bonchev–Trinajstić information content (AvgIpc) is 2.69. The molecule has 1 unspecified atom stereocenters. The van der Waals surface area contributed by atoms with Gasteiger partial charge in [-0.15, -0.1) is 11.3 Å². The van der Waals surface area contributed by atoms with Gasteiger partial charge in [0.2, 0.25) is 0 Å². The molecule has 14 heavy (non-hydrogen) atoms. The first-order valence-electron chi connectivity index (χ1n) is 4.79. The minimum absolute atomic E-state index is 0.160. The van der Waals surface area contributed by atoms with Crippen molar-refractivity contribution in [2.45, 2.75) is 25.8 Å². The summed E-state index contributed by atoms with van der Waals surface area (Å²) in [6.45, 7) is 3.52. The van der Waals surface area contributed by atoms with Crippen molar-refractivity contribution in [2.75, 3.05) is 13.2 Å². The third-order valence-corrected chi connectivity index (χ3v) is 2.61. The highest BCUT2D eigenvalue weighted by Crippen LogP contribution is 2.07. The van der Waals surface area contributed by atoms with Gasteiger partial charge in [0.25, 0.3) is 0 Å². The summed E-state index contributed by atoms with van der Waals surface area (Å²) >= 11 is 1.64. The van der Waals surface area contributed by atoms with Gasteiger partial charge >= 0.3 is 0 Å². The molecule has 0 bridgehead atoms. The molecule has 0 aliphatic rings. The van der Waals surface area contributed by atoms with Crippen LogP contribution in [0.15, 0.2) is 11.6 Å². The number of ether oxygens (including phenoxy) is 1. The summed E-state index contributed by atoms with van der Waals surface area (Å²) in [5.74, 6) is 5.42. The normalized spacial score (nSPS) is 13.0. The predicted octanol–water partition coefficient (Wildman–Crippen LogP) is 0.944. The Kier molecular flexibility index (Phi) is 5.70. The van der Waals surface area contributed by atoms with Crippen molar-refractivity contribution in [1.29, 1.82) is 0 Å². The molecule has 1 aromatic heterocycles. The Balaban J connectivity index is 2.24. The molecular formula is C9H17N3OS. The lowest BCUT2D eigenvalue weighted by Crippen LogP contribution is -2.40. The van der Waals surface area contributed by atoms with Crippen LogP contribution in [0, 0.1) is 0 Å². The largest absolute Gasteiger partial charge is 0.380 e. The number of nitrogens with two attached hydrogens (primary N) is 1. The van der Waals surface area contributed by atoms with Gasteiger partial charge < -0.3 is 4.74 Å².